The first kappa shape index (κ1) is 25.4. The van der Waals surface area contributed by atoms with Crippen molar-refractivity contribution in [2.75, 3.05) is 0 Å². The number of rotatable bonds is 11. The summed E-state index contributed by atoms with van der Waals surface area (Å²) in [5.41, 5.74) is -3.13. The number of aliphatic hydroxyl groups excluding tert-OH is 2. The predicted octanol–water partition coefficient (Wildman–Crippen LogP) is -1.77. The average Bonchev–Trinajstić information content (AvgIpc) is 2.58. The first-order chi connectivity index (χ1) is 13.4. The second-order valence-electron chi connectivity index (χ2n) is 5.38. The Labute approximate surface area is 162 Å². The zero-order valence-electron chi connectivity index (χ0n) is 14.9. The van der Waals surface area contributed by atoms with Gasteiger partial charge in [-0.2, -0.15) is 0 Å². The maximum absolute atomic E-state index is 11.9. The van der Waals surface area contributed by atoms with E-state index in [0.29, 0.717) is 0 Å². The monoisotopic (exact) mass is 418 g/mol. The van der Waals surface area contributed by atoms with Crippen molar-refractivity contribution in [2.24, 2.45) is 0 Å². The van der Waals surface area contributed by atoms with E-state index in [-0.39, 0.29) is 0 Å². The lowest BCUT2D eigenvalue weighted by atomic mass is 9.95. The molecule has 0 aromatic carbocycles. The smallest absolute Gasteiger partial charge is 0.349 e. The number of carboxylic acids is 3. The molecule has 0 saturated carbocycles. The van der Waals surface area contributed by atoms with Crippen LogP contribution in [0, 0.1) is 0 Å². The Balaban J connectivity index is 5.37. The number of allylic oxidation sites excluding steroid dienone is 3. The number of esters is 3. The third-order valence-corrected chi connectivity index (χ3v) is 3.08. The molecule has 0 amide bonds. The molecular weight excluding hydrogens is 400 g/mol. The van der Waals surface area contributed by atoms with E-state index in [2.05, 4.69) is 9.47 Å². The van der Waals surface area contributed by atoms with Crippen LogP contribution in [0.15, 0.2) is 24.3 Å². The van der Waals surface area contributed by atoms with E-state index < -0.39 is 66.5 Å². The molecule has 0 heterocycles. The van der Waals surface area contributed by atoms with Crippen LogP contribution in [0.4, 0.5) is 0 Å². The summed E-state index contributed by atoms with van der Waals surface area (Å²) in [6.07, 6.45) is -3.66. The van der Waals surface area contributed by atoms with E-state index in [1.54, 1.807) is 6.92 Å². The molecule has 2 atom stereocenters. The minimum atomic E-state index is -3.13. The molecule has 0 spiro atoms. The van der Waals surface area contributed by atoms with Gasteiger partial charge in [0.25, 0.3) is 0 Å². The Morgan fingerprint density at radius 3 is 1.76 bits per heavy atom. The van der Waals surface area contributed by atoms with E-state index in [1.807, 2.05) is 0 Å². The quantitative estimate of drug-likeness (QED) is 0.108. The SMILES string of the molecule is C/C=C/C=C/C(=O)OC(=O)C(O)C(O)C(=O)OC(CC(=O)O)(CC(=O)O)C(=O)O. The molecule has 0 aliphatic rings. The van der Waals surface area contributed by atoms with Gasteiger partial charge in [-0.05, 0) is 6.92 Å². The predicted molar refractivity (Wildman–Crippen MR) is 88.0 cm³/mol. The minimum absolute atomic E-state index is 0.768. The highest BCUT2D eigenvalue weighted by Gasteiger charge is 2.49. The number of carboxylic acid groups (broad SMARTS) is 3. The average molecular weight is 418 g/mol. The second-order valence-corrected chi connectivity index (χ2v) is 5.38. The highest BCUT2D eigenvalue weighted by atomic mass is 16.6. The molecule has 0 aromatic heterocycles. The summed E-state index contributed by atoms with van der Waals surface area (Å²) in [7, 11) is 0. The molecule has 0 bridgehead atoms. The molecule has 13 heteroatoms. The summed E-state index contributed by atoms with van der Waals surface area (Å²) in [6.45, 7) is 1.62. The highest BCUT2D eigenvalue weighted by molar-refractivity contribution is 5.96. The van der Waals surface area contributed by atoms with Crippen molar-refractivity contribution in [3.05, 3.63) is 24.3 Å². The van der Waals surface area contributed by atoms with Gasteiger partial charge in [0.2, 0.25) is 5.60 Å². The molecule has 0 aliphatic heterocycles. The Kier molecular flexibility index (Phi) is 9.91. The van der Waals surface area contributed by atoms with E-state index in [1.165, 1.54) is 18.2 Å². The molecule has 0 aromatic rings. The van der Waals surface area contributed by atoms with Gasteiger partial charge in [-0.25, -0.2) is 19.2 Å². The van der Waals surface area contributed by atoms with Crippen molar-refractivity contribution >= 4 is 35.8 Å². The second kappa shape index (κ2) is 11.3. The van der Waals surface area contributed by atoms with Gasteiger partial charge in [-0.3, -0.25) is 9.59 Å². The summed E-state index contributed by atoms with van der Waals surface area (Å²) < 4.78 is 8.43. The van der Waals surface area contributed by atoms with E-state index in [4.69, 9.17) is 15.3 Å². The number of hydrogen-bond donors (Lipinski definition) is 5. The maximum atomic E-state index is 11.9. The Morgan fingerprint density at radius 2 is 1.34 bits per heavy atom. The van der Waals surface area contributed by atoms with Crippen molar-refractivity contribution in [1.29, 1.82) is 0 Å². The summed E-state index contributed by atoms with van der Waals surface area (Å²) in [4.78, 5) is 67.8. The van der Waals surface area contributed by atoms with Crippen LogP contribution in [0.3, 0.4) is 0 Å². The fourth-order valence-electron chi connectivity index (χ4n) is 1.77. The van der Waals surface area contributed by atoms with E-state index in [0.717, 1.165) is 6.08 Å². The van der Waals surface area contributed by atoms with Crippen LogP contribution >= 0.6 is 0 Å². The van der Waals surface area contributed by atoms with E-state index >= 15 is 0 Å². The van der Waals surface area contributed by atoms with E-state index in [9.17, 15) is 39.0 Å². The lowest BCUT2D eigenvalue weighted by Crippen LogP contribution is -2.51. The van der Waals surface area contributed by atoms with Gasteiger partial charge in [0.1, 0.15) is 0 Å². The fraction of sp³-hybridized carbons (Fsp3) is 0.375. The summed E-state index contributed by atoms with van der Waals surface area (Å²) in [5.74, 6) is -11.0. The highest BCUT2D eigenvalue weighted by Crippen LogP contribution is 2.23. The van der Waals surface area contributed by atoms with Crippen molar-refractivity contribution in [2.45, 2.75) is 37.6 Å². The summed E-state index contributed by atoms with van der Waals surface area (Å²) in [6, 6.07) is 0. The first-order valence-electron chi connectivity index (χ1n) is 7.67. The number of hydrogen-bond acceptors (Lipinski definition) is 10. The van der Waals surface area contributed by atoms with Gasteiger partial charge < -0.3 is 35.0 Å². The Morgan fingerprint density at radius 1 is 0.862 bits per heavy atom. The van der Waals surface area contributed by atoms with Gasteiger partial charge in [0.15, 0.2) is 12.2 Å². The van der Waals surface area contributed by atoms with Crippen LogP contribution in [-0.2, 0) is 38.2 Å². The van der Waals surface area contributed by atoms with Gasteiger partial charge in [-0.1, -0.05) is 18.2 Å². The minimum Gasteiger partial charge on any atom is -0.481 e. The fourth-order valence-corrected chi connectivity index (χ4v) is 1.77. The van der Waals surface area contributed by atoms with Crippen LogP contribution in [0.2, 0.25) is 0 Å². The third kappa shape index (κ3) is 8.32. The number of ether oxygens (including phenoxy) is 2. The van der Waals surface area contributed by atoms with Crippen LogP contribution in [-0.4, -0.2) is 79.2 Å². The van der Waals surface area contributed by atoms with Crippen LogP contribution < -0.4 is 0 Å². The van der Waals surface area contributed by atoms with Gasteiger partial charge in [0.05, 0.1) is 12.8 Å². The molecule has 0 rings (SSSR count). The number of carbonyl (C=O) groups is 6. The Hall–Kier alpha value is -3.58. The van der Waals surface area contributed by atoms with Gasteiger partial charge in [0, 0.05) is 6.08 Å². The molecule has 13 nitrogen and oxygen atoms in total. The van der Waals surface area contributed by atoms with Crippen LogP contribution in [0.1, 0.15) is 19.8 Å². The summed E-state index contributed by atoms with van der Waals surface area (Å²) in [5, 5.41) is 45.9. The number of aliphatic hydroxyl groups is 2. The molecule has 5 N–H and O–H groups in total. The zero-order valence-corrected chi connectivity index (χ0v) is 14.9. The number of aliphatic carboxylic acids is 3. The molecule has 0 saturated heterocycles. The standard InChI is InChI=1S/C16H18O13/c1-2-3-4-5-10(21)28-13(24)11(22)12(23)14(25)29-16(15(26)27,6-8(17)18)7-9(19)20/h2-5,11-12,22-23H,6-7H2,1H3,(H,17,18)(H,19,20)(H,26,27)/b3-2+,5-4+. The van der Waals surface area contributed by atoms with Crippen LogP contribution in [0.5, 0.6) is 0 Å². The van der Waals surface area contributed by atoms with Crippen molar-refractivity contribution in [3.8, 4) is 0 Å². The van der Waals surface area contributed by atoms with Gasteiger partial charge in [-0.15, -0.1) is 0 Å². The Bertz CT molecular complexity index is 717. The van der Waals surface area contributed by atoms with Crippen LogP contribution in [0.25, 0.3) is 0 Å². The number of carbonyl (C=O) groups excluding carboxylic acids is 3. The molecular formula is C16H18O13. The molecule has 2 unspecified atom stereocenters. The first-order valence-corrected chi connectivity index (χ1v) is 7.67. The van der Waals surface area contributed by atoms with Gasteiger partial charge >= 0.3 is 35.8 Å². The molecule has 0 fully saturated rings. The molecule has 29 heavy (non-hydrogen) atoms. The zero-order chi connectivity index (χ0) is 22.8. The third-order valence-electron chi connectivity index (χ3n) is 3.08. The normalized spacial score (nSPS) is 13.6. The summed E-state index contributed by atoms with van der Waals surface area (Å²) >= 11 is 0. The molecule has 0 radical (unpaired) electrons. The lowest BCUT2D eigenvalue weighted by Gasteiger charge is -2.27. The molecule has 0 aliphatic carbocycles. The largest absolute Gasteiger partial charge is 0.481 e. The van der Waals surface area contributed by atoms with Crippen molar-refractivity contribution < 1.29 is 63.8 Å². The topological polar surface area (TPSA) is 222 Å². The van der Waals surface area contributed by atoms with Crippen molar-refractivity contribution in [1.82, 2.24) is 0 Å². The maximum Gasteiger partial charge on any atom is 0.349 e. The molecule has 160 valence electrons. The van der Waals surface area contributed by atoms with Crippen molar-refractivity contribution in [3.63, 3.8) is 0 Å². The lowest BCUT2D eigenvalue weighted by molar-refractivity contribution is -0.196.